The van der Waals surface area contributed by atoms with Crippen LogP contribution in [0.2, 0.25) is 0 Å². The molecule has 32 nitrogen and oxygen atoms in total. The van der Waals surface area contributed by atoms with Gasteiger partial charge < -0.3 is 83.1 Å². The van der Waals surface area contributed by atoms with Gasteiger partial charge in [-0.05, 0) is 48.1 Å². The summed E-state index contributed by atoms with van der Waals surface area (Å²) in [6.45, 7) is 5.47. The van der Waals surface area contributed by atoms with E-state index < -0.39 is 201 Å². The Hall–Kier alpha value is -9.31. The van der Waals surface area contributed by atoms with Crippen molar-refractivity contribution in [3.63, 3.8) is 0 Å². The number of anilines is 1. The Kier molecular flexibility index (Phi) is 24.3. The molecule has 2 aromatic carbocycles. The van der Waals surface area contributed by atoms with Gasteiger partial charge in [-0.15, -0.1) is 11.8 Å². The number of benzene rings is 2. The number of ether oxygens (including phenoxy) is 1. The normalized spacial score (nSPS) is 24.4. The van der Waals surface area contributed by atoms with E-state index in [-0.39, 0.29) is 30.7 Å². The summed E-state index contributed by atoms with van der Waals surface area (Å²) in [7, 11) is 0. The van der Waals surface area contributed by atoms with Crippen LogP contribution in [0.3, 0.4) is 0 Å². The predicted octanol–water partition coefficient (Wildman–Crippen LogP) is -3.73. The van der Waals surface area contributed by atoms with Gasteiger partial charge in [-0.3, -0.25) is 67.6 Å². The zero-order chi connectivity index (χ0) is 68.0. The number of carbonyl (C=O) groups is 14. The molecule has 1 unspecified atom stereocenters. The lowest BCUT2D eigenvalue weighted by molar-refractivity contribution is -0.147. The summed E-state index contributed by atoms with van der Waals surface area (Å²) >= 11 is 0.983. The number of carbonyl (C=O) groups excluding carboxylic acids is 14. The Morgan fingerprint density at radius 3 is 2.12 bits per heavy atom. The number of nitrogens with zero attached hydrogens (tertiary/aromatic N) is 2. The van der Waals surface area contributed by atoms with Gasteiger partial charge in [-0.2, -0.15) is 0 Å². The number of nitrogens with one attached hydrogen (secondary N) is 12. The second kappa shape index (κ2) is 31.8. The van der Waals surface area contributed by atoms with Gasteiger partial charge >= 0.3 is 6.09 Å². The van der Waals surface area contributed by atoms with Crippen LogP contribution in [0.5, 0.6) is 0 Å². The van der Waals surface area contributed by atoms with E-state index in [2.05, 4.69) is 63.5 Å². The maximum absolute atomic E-state index is 15.3. The molecule has 1 aromatic heterocycles. The largest absolute Gasteiger partial charge is 0.428 e. The second-order valence-electron chi connectivity index (χ2n) is 23.4. The number of imide groups is 1. The second-order valence-corrected chi connectivity index (χ2v) is 24.5. The lowest BCUT2D eigenvalue weighted by Gasteiger charge is -2.41. The van der Waals surface area contributed by atoms with Gasteiger partial charge in [0.15, 0.2) is 18.7 Å². The number of aldehydes is 1. The van der Waals surface area contributed by atoms with Crippen molar-refractivity contribution in [1.29, 1.82) is 0 Å². The minimum Gasteiger partial charge on any atom is -0.428 e. The van der Waals surface area contributed by atoms with E-state index in [1.54, 1.807) is 52.0 Å². The highest BCUT2D eigenvalue weighted by Gasteiger charge is 2.53. The van der Waals surface area contributed by atoms with E-state index in [1.807, 2.05) is 0 Å². The summed E-state index contributed by atoms with van der Waals surface area (Å²) in [5.41, 5.74) is -0.742. The minimum atomic E-state index is -2.37. The molecule has 1 fully saturated rings. The molecule has 0 saturated carbocycles. The number of aliphatic hydroxyl groups is 3. The van der Waals surface area contributed by atoms with E-state index in [4.69, 9.17) is 4.74 Å². The third-order valence-electron chi connectivity index (χ3n) is 16.3. The van der Waals surface area contributed by atoms with Crippen molar-refractivity contribution in [3.05, 3.63) is 71.8 Å². The number of fused-ring (bicyclic) bond motifs is 5. The molecule has 502 valence electrons. The van der Waals surface area contributed by atoms with Crippen LogP contribution in [0.4, 0.5) is 10.5 Å². The molecule has 2 bridgehead atoms. The molecule has 5 heterocycles. The maximum Gasteiger partial charge on any atom is 0.409 e. The van der Waals surface area contributed by atoms with Crippen molar-refractivity contribution < 1.29 is 87.2 Å². The fraction of sp³-hybridized carbons (Fsp3) is 0.500. The average molecular weight is 1320 g/mol. The molecule has 1 saturated heterocycles. The van der Waals surface area contributed by atoms with Crippen LogP contribution in [0.15, 0.2) is 65.7 Å². The van der Waals surface area contributed by atoms with Crippen LogP contribution in [-0.2, 0) is 80.0 Å². The topological polar surface area (TPSA) is 463 Å². The molecule has 4 aliphatic rings. The standard InChI is InChI=1S/C60H78N14O18S/c1-7-30(4)49-54(87)63-22-44(80)66-41-26-93-57-37(36-10-8-9-11-38(36)69-57)18-39(52(85)62-23-45(81)70-49)67-56(89)50(31(5)42(78)25-75)72-60(27-76)20-35(77)24-74(60)58(90)40(68-53(41)86)19-43(79)61-21-33-12-14-34(15-13-33)65-51(84)32(6)64-55(88)48(29(2)3)71-59(91)92-28-73-46(82)16-17-47(73)83/h8-17,27,29-32,35,39-42,48-50,69,72,75,77-78H,7,18-26,28H2,1-6H3,(H,61,79)(H,62,85)(H,63,87)(H,64,88)(H,65,84)(H,66,80)(H,67,89)(H,68,86)(H,70,81)(H,71,91)/t30-,31-,32-,35+,39+,40-,41?,42-,48-,49-,50-,60+/m0/s1. The lowest BCUT2D eigenvalue weighted by atomic mass is 9.92. The zero-order valence-electron chi connectivity index (χ0n) is 51.8. The summed E-state index contributed by atoms with van der Waals surface area (Å²) in [4.78, 5) is 196. The number of aliphatic hydroxyl groups excluding tert-OH is 3. The van der Waals surface area contributed by atoms with Crippen molar-refractivity contribution in [3.8, 4) is 0 Å². The van der Waals surface area contributed by atoms with E-state index in [9.17, 15) is 77.6 Å². The number of amides is 13. The first-order valence-corrected chi connectivity index (χ1v) is 31.1. The molecule has 0 spiro atoms. The Balaban J connectivity index is 1.16. The SMILES string of the molecule is CC[C@H](C)[C@@H]1NC(=O)CNC(=O)[C@H]2Cc3c([nH]c4ccccc34)SCC(NC(=O)CNC1=O)C(=O)N[C@@H](CC(=O)NCc1ccc(NC(=O)[C@H](C)NC(=O)[C@@H](NC(=O)OCN3C(=O)C=CC3=O)C(C)C)cc1)C(=O)N1C[C@H](O)C[C@@]1(C=O)N[C@@H]([C@@H](C)[C@@H](O)CO)C(=O)N2. The first-order valence-electron chi connectivity index (χ1n) is 30.1. The molecule has 4 aliphatic heterocycles. The number of aromatic amines is 1. The summed E-state index contributed by atoms with van der Waals surface area (Å²) < 4.78 is 4.96. The number of rotatable bonds is 18. The summed E-state index contributed by atoms with van der Waals surface area (Å²) in [5.74, 6) is -13.1. The first-order chi connectivity index (χ1) is 44.1. The number of hydrogen-bond acceptors (Lipinski definition) is 20. The highest BCUT2D eigenvalue weighted by atomic mass is 32.2. The van der Waals surface area contributed by atoms with Gasteiger partial charge in [0.1, 0.15) is 36.3 Å². The van der Waals surface area contributed by atoms with Crippen LogP contribution >= 0.6 is 11.8 Å². The average Bonchev–Trinajstić information content (AvgIpc) is 1.35. The monoisotopic (exact) mass is 1310 g/mol. The molecule has 3 aromatic rings. The maximum atomic E-state index is 15.3. The predicted molar refractivity (Wildman–Crippen MR) is 329 cm³/mol. The Morgan fingerprint density at radius 2 is 1.46 bits per heavy atom. The number of H-pyrrole nitrogens is 1. The molecular formula is C60H78N14O18S. The van der Waals surface area contributed by atoms with Crippen LogP contribution in [0, 0.1) is 17.8 Å². The Morgan fingerprint density at radius 1 is 0.796 bits per heavy atom. The zero-order valence-corrected chi connectivity index (χ0v) is 52.6. The summed E-state index contributed by atoms with van der Waals surface area (Å²) in [6, 6.07) is 2.36. The van der Waals surface area contributed by atoms with E-state index >= 15 is 4.79 Å². The van der Waals surface area contributed by atoms with Crippen LogP contribution in [0.1, 0.15) is 71.9 Å². The third kappa shape index (κ3) is 18.1. The highest BCUT2D eigenvalue weighted by molar-refractivity contribution is 7.99. The molecule has 0 aliphatic carbocycles. The summed E-state index contributed by atoms with van der Waals surface area (Å²) in [5, 5.41) is 62.0. The molecule has 93 heavy (non-hydrogen) atoms. The third-order valence-corrected chi connectivity index (χ3v) is 17.5. The van der Waals surface area contributed by atoms with E-state index in [1.165, 1.54) is 38.1 Å². The molecular weight excluding hydrogens is 1240 g/mol. The van der Waals surface area contributed by atoms with Crippen LogP contribution in [-0.4, -0.2) is 212 Å². The number of thioether (sulfide) groups is 1. The van der Waals surface area contributed by atoms with Gasteiger partial charge in [0, 0.05) is 66.3 Å². The van der Waals surface area contributed by atoms with Gasteiger partial charge in [0.2, 0.25) is 59.1 Å². The Bertz CT molecular complexity index is 3380. The number of para-hydroxylation sites is 1. The quantitative estimate of drug-likeness (QED) is 0.0430. The number of alkyl carbamates (subject to hydrolysis) is 1. The van der Waals surface area contributed by atoms with Gasteiger partial charge in [0.05, 0.1) is 49.4 Å². The van der Waals surface area contributed by atoms with Crippen LogP contribution < -0.4 is 58.5 Å². The highest BCUT2D eigenvalue weighted by Crippen LogP contribution is 2.33. The van der Waals surface area contributed by atoms with E-state index in [0.717, 1.165) is 28.8 Å². The van der Waals surface area contributed by atoms with Crippen LogP contribution in [0.25, 0.3) is 10.9 Å². The minimum absolute atomic E-state index is 0.215. The molecule has 15 N–H and O–H groups in total. The van der Waals surface area contributed by atoms with Crippen molar-refractivity contribution in [2.45, 2.75) is 139 Å². The van der Waals surface area contributed by atoms with Crippen molar-refractivity contribution in [2.24, 2.45) is 17.8 Å². The first kappa shape index (κ1) is 71.1. The van der Waals surface area contributed by atoms with Crippen molar-refractivity contribution in [1.82, 2.24) is 68.0 Å². The number of aromatic nitrogens is 1. The number of hydrogen-bond donors (Lipinski definition) is 15. The van der Waals surface area contributed by atoms with E-state index in [0.29, 0.717) is 38.4 Å². The molecule has 12 atom stereocenters. The van der Waals surface area contributed by atoms with Crippen molar-refractivity contribution >= 4 is 112 Å². The van der Waals surface area contributed by atoms with Gasteiger partial charge in [-0.25, -0.2) is 9.69 Å². The smallest absolute Gasteiger partial charge is 0.409 e. The fourth-order valence-electron chi connectivity index (χ4n) is 10.7. The fourth-order valence-corrected chi connectivity index (χ4v) is 11.8. The Labute approximate surface area is 537 Å². The van der Waals surface area contributed by atoms with Gasteiger partial charge in [-0.1, -0.05) is 71.4 Å². The molecule has 0 radical (unpaired) electrons. The van der Waals surface area contributed by atoms with Crippen molar-refractivity contribution in [2.75, 3.05) is 44.0 Å². The molecule has 33 heteroatoms. The van der Waals surface area contributed by atoms with Gasteiger partial charge in [0.25, 0.3) is 11.8 Å². The lowest BCUT2D eigenvalue weighted by Crippen LogP contribution is -2.69. The summed E-state index contributed by atoms with van der Waals surface area (Å²) in [6.07, 6.45) is -3.50. The molecule has 7 rings (SSSR count). The molecule has 13 amide bonds.